The minimum Gasteiger partial charge on any atom is -0.357 e. The van der Waals surface area contributed by atoms with Crippen molar-refractivity contribution in [2.75, 3.05) is 10.6 Å². The largest absolute Gasteiger partial charge is 0.357 e. The van der Waals surface area contributed by atoms with Gasteiger partial charge in [-0.15, -0.1) is 0 Å². The van der Waals surface area contributed by atoms with E-state index in [1.165, 1.54) is 6.20 Å². The van der Waals surface area contributed by atoms with E-state index in [4.69, 9.17) is 11.6 Å². The number of hydrogen-bond acceptors (Lipinski definition) is 2. The number of nitrogens with zero attached hydrogens (tertiary/aromatic N) is 1. The Balaban J connectivity index is 0.00000116. The average Bonchev–Trinajstić information content (AvgIpc) is 2.64. The molecule has 0 saturated carbocycles. The number of fused-ring (bicyclic) bond motifs is 1. The highest BCUT2D eigenvalue weighted by atomic mass is 35.5. The second-order valence-electron chi connectivity index (χ2n) is 4.23. The molecule has 0 amide bonds. The fourth-order valence-electron chi connectivity index (χ4n) is 1.93. The standard InChI is InChI=1S/C16H16ClN3.C2H6/c1-4-6-7-13-11(3)19-14-9-8-12(17)10-15(14)20-16(13)18-5-2;1-2/h4-10,19H,1-2H2,3H3,(H,18,20);1-2H3/b7-6-;. The third-order valence-corrected chi connectivity index (χ3v) is 3.07. The maximum absolute atomic E-state index is 6.04. The molecule has 4 heteroatoms. The Morgan fingerprint density at radius 2 is 1.86 bits per heavy atom. The number of hydrogen-bond donors (Lipinski definition) is 2. The number of aliphatic imine (C=N–C) groups is 1. The maximum atomic E-state index is 6.04. The summed E-state index contributed by atoms with van der Waals surface area (Å²) in [6.45, 7) is 13.3. The van der Waals surface area contributed by atoms with E-state index in [1.807, 2.05) is 51.1 Å². The van der Waals surface area contributed by atoms with E-state index in [-0.39, 0.29) is 0 Å². The van der Waals surface area contributed by atoms with Crippen LogP contribution in [0, 0.1) is 0 Å². The molecule has 22 heavy (non-hydrogen) atoms. The first kappa shape index (κ1) is 17.8. The predicted octanol–water partition coefficient (Wildman–Crippen LogP) is 5.76. The number of anilines is 2. The summed E-state index contributed by atoms with van der Waals surface area (Å²) in [6, 6.07) is 5.63. The van der Waals surface area contributed by atoms with Crippen LogP contribution < -0.4 is 10.6 Å². The predicted molar refractivity (Wildman–Crippen MR) is 99.7 cm³/mol. The van der Waals surface area contributed by atoms with Gasteiger partial charge in [0.2, 0.25) is 0 Å². The van der Waals surface area contributed by atoms with Gasteiger partial charge < -0.3 is 10.6 Å². The smallest absolute Gasteiger partial charge is 0.139 e. The van der Waals surface area contributed by atoms with E-state index < -0.39 is 0 Å². The third-order valence-electron chi connectivity index (χ3n) is 2.84. The normalized spacial score (nSPS) is 15.2. The number of benzene rings is 1. The van der Waals surface area contributed by atoms with Crippen LogP contribution in [0.4, 0.5) is 11.4 Å². The topological polar surface area (TPSA) is 36.4 Å². The molecule has 0 spiro atoms. The van der Waals surface area contributed by atoms with Gasteiger partial charge in [0.1, 0.15) is 5.84 Å². The molecule has 1 aliphatic heterocycles. The van der Waals surface area contributed by atoms with Gasteiger partial charge >= 0.3 is 0 Å². The van der Waals surface area contributed by atoms with Crippen molar-refractivity contribution in [2.24, 2.45) is 4.99 Å². The van der Waals surface area contributed by atoms with Crippen LogP contribution in [0.2, 0.25) is 5.02 Å². The van der Waals surface area contributed by atoms with Crippen molar-refractivity contribution in [3.8, 4) is 0 Å². The van der Waals surface area contributed by atoms with Crippen LogP contribution in [0.25, 0.3) is 0 Å². The summed E-state index contributed by atoms with van der Waals surface area (Å²) >= 11 is 6.04. The van der Waals surface area contributed by atoms with Crippen LogP contribution >= 0.6 is 11.6 Å². The Hall–Kier alpha value is -2.26. The Morgan fingerprint density at radius 3 is 2.50 bits per heavy atom. The molecule has 1 heterocycles. The van der Waals surface area contributed by atoms with Gasteiger partial charge in [0.15, 0.2) is 0 Å². The third kappa shape index (κ3) is 4.37. The first-order chi connectivity index (χ1) is 10.7. The lowest BCUT2D eigenvalue weighted by molar-refractivity contribution is 1.36. The van der Waals surface area contributed by atoms with Crippen LogP contribution in [-0.4, -0.2) is 5.84 Å². The lowest BCUT2D eigenvalue weighted by Gasteiger charge is -2.09. The first-order valence-electron chi connectivity index (χ1n) is 7.18. The zero-order valence-corrected chi connectivity index (χ0v) is 14.0. The zero-order valence-electron chi connectivity index (χ0n) is 13.3. The molecule has 116 valence electrons. The van der Waals surface area contributed by atoms with E-state index in [0.717, 1.165) is 22.6 Å². The van der Waals surface area contributed by atoms with Crippen molar-refractivity contribution in [1.29, 1.82) is 0 Å². The summed E-state index contributed by atoms with van der Waals surface area (Å²) < 4.78 is 0. The fourth-order valence-corrected chi connectivity index (χ4v) is 2.10. The summed E-state index contributed by atoms with van der Waals surface area (Å²) in [6.07, 6.45) is 7.04. The van der Waals surface area contributed by atoms with Crippen LogP contribution in [0.3, 0.4) is 0 Å². The van der Waals surface area contributed by atoms with Gasteiger partial charge in [0.25, 0.3) is 0 Å². The fraction of sp³-hybridized carbons (Fsp3) is 0.167. The molecule has 2 N–H and O–H groups in total. The van der Waals surface area contributed by atoms with E-state index in [1.54, 1.807) is 6.08 Å². The summed E-state index contributed by atoms with van der Waals surface area (Å²) in [5.41, 5.74) is 3.75. The molecule has 1 aromatic rings. The summed E-state index contributed by atoms with van der Waals surface area (Å²) in [4.78, 5) is 4.30. The Labute approximate surface area is 137 Å². The summed E-state index contributed by atoms with van der Waals surface area (Å²) in [5.74, 6) is 0.712. The summed E-state index contributed by atoms with van der Waals surface area (Å²) in [5, 5.41) is 7.30. The van der Waals surface area contributed by atoms with E-state index in [2.05, 4.69) is 28.8 Å². The second kappa shape index (κ2) is 8.90. The SMILES string of the molecule is C=C/C=C\C1=C(C)Nc2ccc(Cl)cc2NC1=NC=C.CC. The quantitative estimate of drug-likeness (QED) is 0.695. The monoisotopic (exact) mass is 315 g/mol. The maximum Gasteiger partial charge on any atom is 0.139 e. The Bertz CT molecular complexity index is 640. The molecule has 0 saturated heterocycles. The van der Waals surface area contributed by atoms with Gasteiger partial charge in [-0.25, -0.2) is 4.99 Å². The molecule has 3 nitrogen and oxygen atoms in total. The van der Waals surface area contributed by atoms with Gasteiger partial charge in [-0.3, -0.25) is 0 Å². The number of halogens is 1. The molecule has 1 aromatic carbocycles. The van der Waals surface area contributed by atoms with Crippen LogP contribution in [0.1, 0.15) is 20.8 Å². The molecule has 0 bridgehead atoms. The van der Waals surface area contributed by atoms with Crippen LogP contribution in [0.15, 0.2) is 72.0 Å². The molecule has 1 aliphatic rings. The number of rotatable bonds is 3. The van der Waals surface area contributed by atoms with Gasteiger partial charge in [0, 0.05) is 22.5 Å². The number of amidine groups is 1. The molecule has 0 atom stereocenters. The number of allylic oxidation sites excluding steroid dienone is 3. The van der Waals surface area contributed by atoms with Crippen molar-refractivity contribution < 1.29 is 0 Å². The molecule has 2 rings (SSSR count). The van der Waals surface area contributed by atoms with Gasteiger partial charge in [0.05, 0.1) is 11.4 Å². The Morgan fingerprint density at radius 1 is 1.14 bits per heavy atom. The minimum atomic E-state index is 0.665. The molecule has 0 unspecified atom stereocenters. The van der Waals surface area contributed by atoms with Crippen molar-refractivity contribution in [1.82, 2.24) is 0 Å². The number of nitrogens with one attached hydrogen (secondary N) is 2. The summed E-state index contributed by atoms with van der Waals surface area (Å²) in [7, 11) is 0. The van der Waals surface area contributed by atoms with Crippen molar-refractivity contribution in [2.45, 2.75) is 20.8 Å². The van der Waals surface area contributed by atoms with E-state index in [9.17, 15) is 0 Å². The second-order valence-corrected chi connectivity index (χ2v) is 4.67. The average molecular weight is 316 g/mol. The lowest BCUT2D eigenvalue weighted by atomic mass is 10.1. The van der Waals surface area contributed by atoms with Crippen molar-refractivity contribution >= 4 is 28.8 Å². The highest BCUT2D eigenvalue weighted by Gasteiger charge is 2.16. The van der Waals surface area contributed by atoms with Crippen LogP contribution in [-0.2, 0) is 0 Å². The molecule has 0 fully saturated rings. The first-order valence-corrected chi connectivity index (χ1v) is 7.56. The van der Waals surface area contributed by atoms with Gasteiger partial charge in [-0.1, -0.05) is 50.8 Å². The highest BCUT2D eigenvalue weighted by molar-refractivity contribution is 6.31. The highest BCUT2D eigenvalue weighted by Crippen LogP contribution is 2.30. The van der Waals surface area contributed by atoms with Gasteiger partial charge in [-0.2, -0.15) is 0 Å². The van der Waals surface area contributed by atoms with E-state index >= 15 is 0 Å². The van der Waals surface area contributed by atoms with Crippen LogP contribution in [0.5, 0.6) is 0 Å². The zero-order chi connectivity index (χ0) is 16.5. The molecule has 0 aliphatic carbocycles. The molecular formula is C18H22ClN3. The minimum absolute atomic E-state index is 0.665. The van der Waals surface area contributed by atoms with E-state index in [0.29, 0.717) is 10.9 Å². The van der Waals surface area contributed by atoms with Crippen molar-refractivity contribution in [3.05, 3.63) is 72.1 Å². The Kier molecular flexibility index (Phi) is 7.20. The molecule has 0 radical (unpaired) electrons. The van der Waals surface area contributed by atoms with Crippen molar-refractivity contribution in [3.63, 3.8) is 0 Å². The van der Waals surface area contributed by atoms with Gasteiger partial charge in [-0.05, 0) is 31.2 Å². The molecular weight excluding hydrogens is 294 g/mol. The molecule has 0 aromatic heterocycles. The lowest BCUT2D eigenvalue weighted by Crippen LogP contribution is -2.13.